The predicted molar refractivity (Wildman–Crippen MR) is 71.9 cm³/mol. The molecule has 88 valence electrons. The maximum absolute atomic E-state index is 4.34. The van der Waals surface area contributed by atoms with Crippen LogP contribution in [0.5, 0.6) is 0 Å². The van der Waals surface area contributed by atoms with Crippen molar-refractivity contribution >= 4 is 11.9 Å². The van der Waals surface area contributed by atoms with E-state index in [4.69, 9.17) is 0 Å². The minimum absolute atomic E-state index is 0.787. The van der Waals surface area contributed by atoms with Crippen LogP contribution >= 0.6 is 0 Å². The highest BCUT2D eigenvalue weighted by atomic mass is 15.3. The number of aromatic nitrogens is 2. The van der Waals surface area contributed by atoms with Gasteiger partial charge in [0.15, 0.2) is 0 Å². The highest BCUT2D eigenvalue weighted by Gasteiger charge is 1.93. The molecule has 17 heavy (non-hydrogen) atoms. The lowest BCUT2D eigenvalue weighted by atomic mass is 10.2. The van der Waals surface area contributed by atoms with Crippen LogP contribution in [0.25, 0.3) is 6.08 Å². The summed E-state index contributed by atoms with van der Waals surface area (Å²) in [4.78, 5) is 0. The molecule has 0 aliphatic carbocycles. The molecule has 2 rings (SSSR count). The fraction of sp³-hybridized carbons (Fsp3) is 0.214. The zero-order chi connectivity index (χ0) is 11.9. The van der Waals surface area contributed by atoms with Crippen LogP contribution in [0.3, 0.4) is 0 Å². The normalized spacial score (nSPS) is 10.9. The van der Waals surface area contributed by atoms with E-state index in [2.05, 4.69) is 41.6 Å². The first-order chi connectivity index (χ1) is 8.38. The largest absolute Gasteiger partial charge is 0.365 e. The van der Waals surface area contributed by atoms with Crippen molar-refractivity contribution in [2.45, 2.75) is 13.5 Å². The van der Waals surface area contributed by atoms with E-state index in [1.807, 2.05) is 35.1 Å². The van der Waals surface area contributed by atoms with Gasteiger partial charge in [-0.3, -0.25) is 4.68 Å². The molecule has 2 aromatic rings. The maximum atomic E-state index is 4.34. The SMILES string of the molecule is CCn1ccc(NC/C=C/c2ccccc2)n1. The van der Waals surface area contributed by atoms with Crippen LogP contribution in [0.15, 0.2) is 48.7 Å². The summed E-state index contributed by atoms with van der Waals surface area (Å²) in [5.41, 5.74) is 1.22. The Morgan fingerprint density at radius 2 is 2.06 bits per heavy atom. The van der Waals surface area contributed by atoms with Crippen molar-refractivity contribution in [3.63, 3.8) is 0 Å². The quantitative estimate of drug-likeness (QED) is 0.851. The summed E-state index contributed by atoms with van der Waals surface area (Å²) in [5.74, 6) is 0.921. The van der Waals surface area contributed by atoms with Crippen molar-refractivity contribution in [2.75, 3.05) is 11.9 Å². The third-order valence-electron chi connectivity index (χ3n) is 2.48. The summed E-state index contributed by atoms with van der Waals surface area (Å²) in [6.07, 6.45) is 6.17. The van der Waals surface area contributed by atoms with Crippen molar-refractivity contribution in [3.8, 4) is 0 Å². The first kappa shape index (κ1) is 11.5. The van der Waals surface area contributed by atoms with Crippen molar-refractivity contribution in [3.05, 3.63) is 54.2 Å². The molecule has 3 heteroatoms. The molecule has 0 radical (unpaired) electrons. The van der Waals surface area contributed by atoms with Crippen LogP contribution in [0.2, 0.25) is 0 Å². The summed E-state index contributed by atoms with van der Waals surface area (Å²) in [7, 11) is 0. The van der Waals surface area contributed by atoms with Crippen LogP contribution in [0.1, 0.15) is 12.5 Å². The van der Waals surface area contributed by atoms with Gasteiger partial charge in [-0.15, -0.1) is 0 Å². The lowest BCUT2D eigenvalue weighted by molar-refractivity contribution is 0.662. The van der Waals surface area contributed by atoms with E-state index in [0.717, 1.165) is 18.9 Å². The van der Waals surface area contributed by atoms with Crippen LogP contribution < -0.4 is 5.32 Å². The summed E-state index contributed by atoms with van der Waals surface area (Å²) in [6.45, 7) is 3.77. The zero-order valence-electron chi connectivity index (χ0n) is 10.0. The van der Waals surface area contributed by atoms with E-state index >= 15 is 0 Å². The average molecular weight is 227 g/mol. The standard InChI is InChI=1S/C14H17N3/c1-2-17-12-10-14(16-17)15-11-6-9-13-7-4-3-5-8-13/h3-10,12H,2,11H2,1H3,(H,15,16)/b9-6+. The first-order valence-corrected chi connectivity index (χ1v) is 5.87. The molecule has 3 nitrogen and oxygen atoms in total. The molecule has 1 aromatic carbocycles. The van der Waals surface area contributed by atoms with E-state index in [9.17, 15) is 0 Å². The summed E-state index contributed by atoms with van der Waals surface area (Å²) in [6, 6.07) is 12.3. The fourth-order valence-electron chi connectivity index (χ4n) is 1.55. The Labute approximate surface area is 102 Å². The van der Waals surface area contributed by atoms with Crippen LogP contribution in [-0.4, -0.2) is 16.3 Å². The van der Waals surface area contributed by atoms with Crippen LogP contribution in [-0.2, 0) is 6.54 Å². The Morgan fingerprint density at radius 3 is 2.76 bits per heavy atom. The van der Waals surface area contributed by atoms with Crippen molar-refractivity contribution < 1.29 is 0 Å². The summed E-state index contributed by atoms with van der Waals surface area (Å²) >= 11 is 0. The number of anilines is 1. The van der Waals surface area contributed by atoms with Gasteiger partial charge in [0.05, 0.1) is 0 Å². The van der Waals surface area contributed by atoms with Gasteiger partial charge < -0.3 is 5.32 Å². The lowest BCUT2D eigenvalue weighted by Crippen LogP contribution is -2.00. The van der Waals surface area contributed by atoms with Crippen molar-refractivity contribution in [1.29, 1.82) is 0 Å². The summed E-state index contributed by atoms with van der Waals surface area (Å²) in [5, 5.41) is 7.60. The molecule has 0 fully saturated rings. The lowest BCUT2D eigenvalue weighted by Gasteiger charge is -1.98. The Kier molecular flexibility index (Phi) is 3.97. The Hall–Kier alpha value is -2.03. The number of nitrogens with one attached hydrogen (secondary N) is 1. The molecule has 1 N–H and O–H groups in total. The molecule has 0 unspecified atom stereocenters. The fourth-order valence-corrected chi connectivity index (χ4v) is 1.55. The van der Waals surface area contributed by atoms with E-state index in [1.165, 1.54) is 5.56 Å². The second-order valence-electron chi connectivity index (χ2n) is 3.75. The number of nitrogens with zero attached hydrogens (tertiary/aromatic N) is 2. The molecular formula is C14H17N3. The monoisotopic (exact) mass is 227 g/mol. The Bertz CT molecular complexity index is 471. The minimum atomic E-state index is 0.787. The van der Waals surface area contributed by atoms with Gasteiger partial charge in [0.2, 0.25) is 0 Å². The molecule has 0 amide bonds. The maximum Gasteiger partial charge on any atom is 0.148 e. The van der Waals surface area contributed by atoms with Gasteiger partial charge in [-0.1, -0.05) is 42.5 Å². The van der Waals surface area contributed by atoms with Gasteiger partial charge in [-0.05, 0) is 12.5 Å². The molecular weight excluding hydrogens is 210 g/mol. The predicted octanol–water partition coefficient (Wildman–Crippen LogP) is 3.03. The smallest absolute Gasteiger partial charge is 0.148 e. The van der Waals surface area contributed by atoms with Crippen molar-refractivity contribution in [1.82, 2.24) is 9.78 Å². The molecule has 0 aliphatic rings. The number of hydrogen-bond donors (Lipinski definition) is 1. The van der Waals surface area contributed by atoms with Gasteiger partial charge in [-0.25, -0.2) is 0 Å². The minimum Gasteiger partial charge on any atom is -0.365 e. The molecule has 0 bridgehead atoms. The van der Waals surface area contributed by atoms with Gasteiger partial charge in [0.1, 0.15) is 5.82 Å². The third-order valence-corrected chi connectivity index (χ3v) is 2.48. The topological polar surface area (TPSA) is 29.9 Å². The third kappa shape index (κ3) is 3.48. The van der Waals surface area contributed by atoms with Crippen LogP contribution in [0, 0.1) is 0 Å². The summed E-state index contributed by atoms with van der Waals surface area (Å²) < 4.78 is 1.91. The number of hydrogen-bond acceptors (Lipinski definition) is 2. The highest BCUT2D eigenvalue weighted by Crippen LogP contribution is 2.03. The Morgan fingerprint density at radius 1 is 1.24 bits per heavy atom. The van der Waals surface area contributed by atoms with E-state index < -0.39 is 0 Å². The Balaban J connectivity index is 1.81. The molecule has 1 aromatic heterocycles. The van der Waals surface area contributed by atoms with Gasteiger partial charge in [0.25, 0.3) is 0 Å². The average Bonchev–Trinajstić information content (AvgIpc) is 2.84. The molecule has 0 saturated heterocycles. The molecule has 0 atom stereocenters. The molecule has 0 saturated carbocycles. The van der Waals surface area contributed by atoms with Gasteiger partial charge >= 0.3 is 0 Å². The van der Waals surface area contributed by atoms with Gasteiger partial charge in [-0.2, -0.15) is 5.10 Å². The van der Waals surface area contributed by atoms with Gasteiger partial charge in [0, 0.05) is 25.4 Å². The number of benzene rings is 1. The second-order valence-corrected chi connectivity index (χ2v) is 3.75. The van der Waals surface area contributed by atoms with E-state index in [0.29, 0.717) is 0 Å². The number of rotatable bonds is 5. The molecule has 0 aliphatic heterocycles. The molecule has 1 heterocycles. The zero-order valence-corrected chi connectivity index (χ0v) is 10.0. The van der Waals surface area contributed by atoms with E-state index in [1.54, 1.807) is 0 Å². The second kappa shape index (κ2) is 5.89. The number of aryl methyl sites for hydroxylation is 1. The van der Waals surface area contributed by atoms with E-state index in [-0.39, 0.29) is 0 Å². The van der Waals surface area contributed by atoms with Crippen molar-refractivity contribution in [2.24, 2.45) is 0 Å². The highest BCUT2D eigenvalue weighted by molar-refractivity contribution is 5.49. The first-order valence-electron chi connectivity index (χ1n) is 5.87. The molecule has 0 spiro atoms. The van der Waals surface area contributed by atoms with Crippen LogP contribution in [0.4, 0.5) is 5.82 Å².